The summed E-state index contributed by atoms with van der Waals surface area (Å²) in [7, 11) is 0. The molecule has 2 rings (SSSR count). The molecule has 1 aliphatic rings. The van der Waals surface area contributed by atoms with Gasteiger partial charge in [-0.05, 0) is 18.8 Å². The van der Waals surface area contributed by atoms with Gasteiger partial charge in [0.15, 0.2) is 0 Å². The van der Waals surface area contributed by atoms with Crippen molar-refractivity contribution in [1.82, 2.24) is 9.97 Å². The number of H-pyrrole nitrogens is 1. The summed E-state index contributed by atoms with van der Waals surface area (Å²) in [5, 5.41) is 9.43. The Morgan fingerprint density at radius 1 is 1.62 bits per heavy atom. The molecule has 13 heavy (non-hydrogen) atoms. The van der Waals surface area contributed by atoms with E-state index >= 15 is 0 Å². The van der Waals surface area contributed by atoms with E-state index in [0.717, 1.165) is 17.8 Å². The number of imidazole rings is 1. The van der Waals surface area contributed by atoms with E-state index in [4.69, 9.17) is 0 Å². The van der Waals surface area contributed by atoms with Crippen molar-refractivity contribution in [3.63, 3.8) is 0 Å². The largest absolute Gasteiger partial charge is 0.395 e. The molecule has 0 spiro atoms. The second kappa shape index (κ2) is 2.35. The lowest BCUT2D eigenvalue weighted by Gasteiger charge is -2.16. The van der Waals surface area contributed by atoms with Gasteiger partial charge in [-0.15, -0.1) is 0 Å². The zero-order valence-corrected chi connectivity index (χ0v) is 8.39. The highest BCUT2D eigenvalue weighted by Crippen LogP contribution is 2.63. The number of rotatable bonds is 2. The van der Waals surface area contributed by atoms with Crippen LogP contribution in [0.5, 0.6) is 0 Å². The SMILES string of the molecule is Cc1[nH]cnc1C1(CO)CC1(C)C. The van der Waals surface area contributed by atoms with Gasteiger partial charge in [0, 0.05) is 11.1 Å². The molecule has 3 heteroatoms. The lowest BCUT2D eigenvalue weighted by molar-refractivity contribution is 0.228. The number of aromatic nitrogens is 2. The van der Waals surface area contributed by atoms with Crippen LogP contribution in [0.4, 0.5) is 0 Å². The van der Waals surface area contributed by atoms with Gasteiger partial charge >= 0.3 is 0 Å². The fourth-order valence-electron chi connectivity index (χ4n) is 2.30. The summed E-state index contributed by atoms with van der Waals surface area (Å²) < 4.78 is 0. The Morgan fingerprint density at radius 2 is 2.23 bits per heavy atom. The summed E-state index contributed by atoms with van der Waals surface area (Å²) >= 11 is 0. The highest BCUT2D eigenvalue weighted by Gasteiger charge is 2.63. The van der Waals surface area contributed by atoms with Crippen molar-refractivity contribution in [3.05, 3.63) is 17.7 Å². The van der Waals surface area contributed by atoms with E-state index in [1.54, 1.807) is 6.33 Å². The zero-order valence-electron chi connectivity index (χ0n) is 8.39. The van der Waals surface area contributed by atoms with Crippen LogP contribution >= 0.6 is 0 Å². The topological polar surface area (TPSA) is 48.9 Å². The van der Waals surface area contributed by atoms with Crippen LogP contribution in [-0.4, -0.2) is 21.7 Å². The first-order valence-electron chi connectivity index (χ1n) is 4.65. The molecular weight excluding hydrogens is 164 g/mol. The lowest BCUT2D eigenvalue weighted by Crippen LogP contribution is -2.20. The van der Waals surface area contributed by atoms with Gasteiger partial charge in [-0.1, -0.05) is 13.8 Å². The number of nitrogens with one attached hydrogen (secondary N) is 1. The van der Waals surface area contributed by atoms with Crippen molar-refractivity contribution in [1.29, 1.82) is 0 Å². The molecule has 1 aromatic heterocycles. The van der Waals surface area contributed by atoms with Gasteiger partial charge in [0.1, 0.15) is 0 Å². The van der Waals surface area contributed by atoms with Crippen molar-refractivity contribution in [2.45, 2.75) is 32.6 Å². The number of aromatic amines is 1. The van der Waals surface area contributed by atoms with Gasteiger partial charge in [0.25, 0.3) is 0 Å². The van der Waals surface area contributed by atoms with Crippen LogP contribution in [0.3, 0.4) is 0 Å². The minimum absolute atomic E-state index is 0.0862. The van der Waals surface area contributed by atoms with Gasteiger partial charge in [-0.3, -0.25) is 0 Å². The standard InChI is InChI=1S/C10H16N2O/c1-7-8(12-6-11-7)10(5-13)4-9(10,2)3/h6,13H,4-5H2,1-3H3,(H,11,12). The number of hydrogen-bond acceptors (Lipinski definition) is 2. The molecule has 1 heterocycles. The highest BCUT2D eigenvalue weighted by molar-refractivity contribution is 5.34. The molecule has 1 unspecified atom stereocenters. The maximum atomic E-state index is 9.43. The van der Waals surface area contributed by atoms with Crippen molar-refractivity contribution < 1.29 is 5.11 Å². The Labute approximate surface area is 78.2 Å². The minimum atomic E-state index is -0.0862. The summed E-state index contributed by atoms with van der Waals surface area (Å²) in [5.41, 5.74) is 2.23. The summed E-state index contributed by atoms with van der Waals surface area (Å²) in [5.74, 6) is 0. The molecule has 0 aliphatic heterocycles. The van der Waals surface area contributed by atoms with E-state index in [-0.39, 0.29) is 17.4 Å². The van der Waals surface area contributed by atoms with E-state index in [0.29, 0.717) is 0 Å². The number of nitrogens with zero attached hydrogens (tertiary/aromatic N) is 1. The van der Waals surface area contributed by atoms with Gasteiger partial charge in [-0.2, -0.15) is 0 Å². The predicted molar refractivity (Wildman–Crippen MR) is 50.5 cm³/mol. The molecule has 1 fully saturated rings. The summed E-state index contributed by atoms with van der Waals surface area (Å²) in [4.78, 5) is 7.37. The van der Waals surface area contributed by atoms with Crippen LogP contribution in [0.2, 0.25) is 0 Å². The second-order valence-electron chi connectivity index (χ2n) is 4.68. The average Bonchev–Trinajstić information content (AvgIpc) is 2.43. The third-order valence-corrected chi connectivity index (χ3v) is 3.47. The van der Waals surface area contributed by atoms with Gasteiger partial charge in [0.05, 0.1) is 18.6 Å². The number of aryl methyl sites for hydroxylation is 1. The van der Waals surface area contributed by atoms with Crippen LogP contribution in [-0.2, 0) is 5.41 Å². The molecule has 3 nitrogen and oxygen atoms in total. The Bertz CT molecular complexity index is 329. The van der Waals surface area contributed by atoms with Crippen molar-refractivity contribution in [3.8, 4) is 0 Å². The Balaban J connectivity index is 2.41. The molecule has 1 aliphatic carbocycles. The molecule has 0 bridgehead atoms. The molecule has 1 atom stereocenters. The summed E-state index contributed by atoms with van der Waals surface area (Å²) in [6, 6.07) is 0. The molecular formula is C10H16N2O. The molecule has 0 radical (unpaired) electrons. The molecule has 0 aromatic carbocycles. The van der Waals surface area contributed by atoms with Crippen LogP contribution in [0.1, 0.15) is 31.7 Å². The van der Waals surface area contributed by atoms with E-state index < -0.39 is 0 Å². The highest BCUT2D eigenvalue weighted by atomic mass is 16.3. The maximum Gasteiger partial charge on any atom is 0.0925 e. The second-order valence-corrected chi connectivity index (χ2v) is 4.68. The van der Waals surface area contributed by atoms with Crippen LogP contribution in [0.25, 0.3) is 0 Å². The fourth-order valence-corrected chi connectivity index (χ4v) is 2.30. The lowest BCUT2D eigenvalue weighted by atomic mass is 9.92. The zero-order chi connectivity index (χ0) is 9.69. The van der Waals surface area contributed by atoms with Gasteiger partial charge in [-0.25, -0.2) is 4.98 Å². The van der Waals surface area contributed by atoms with Gasteiger partial charge in [0.2, 0.25) is 0 Å². The molecule has 1 saturated carbocycles. The monoisotopic (exact) mass is 180 g/mol. The Morgan fingerprint density at radius 3 is 2.54 bits per heavy atom. The first-order valence-corrected chi connectivity index (χ1v) is 4.65. The van der Waals surface area contributed by atoms with E-state index in [2.05, 4.69) is 23.8 Å². The number of aliphatic hydroxyl groups excluding tert-OH is 1. The molecule has 2 N–H and O–H groups in total. The fraction of sp³-hybridized carbons (Fsp3) is 0.700. The van der Waals surface area contributed by atoms with Crippen molar-refractivity contribution in [2.75, 3.05) is 6.61 Å². The maximum absolute atomic E-state index is 9.43. The Kier molecular flexibility index (Phi) is 1.58. The number of hydrogen-bond donors (Lipinski definition) is 2. The van der Waals surface area contributed by atoms with Crippen LogP contribution in [0.15, 0.2) is 6.33 Å². The van der Waals surface area contributed by atoms with Crippen molar-refractivity contribution >= 4 is 0 Å². The van der Waals surface area contributed by atoms with E-state index in [1.807, 2.05) is 6.92 Å². The normalized spacial score (nSPS) is 30.5. The Hall–Kier alpha value is -0.830. The minimum Gasteiger partial charge on any atom is -0.395 e. The van der Waals surface area contributed by atoms with Crippen LogP contribution < -0.4 is 0 Å². The summed E-state index contributed by atoms with van der Waals surface area (Å²) in [6.07, 6.45) is 2.73. The van der Waals surface area contributed by atoms with E-state index in [1.165, 1.54) is 0 Å². The first-order chi connectivity index (χ1) is 6.03. The van der Waals surface area contributed by atoms with Gasteiger partial charge < -0.3 is 10.1 Å². The van der Waals surface area contributed by atoms with E-state index in [9.17, 15) is 5.11 Å². The quantitative estimate of drug-likeness (QED) is 0.722. The molecule has 0 saturated heterocycles. The molecule has 0 amide bonds. The first kappa shape index (κ1) is 8.75. The smallest absolute Gasteiger partial charge is 0.0925 e. The van der Waals surface area contributed by atoms with Crippen molar-refractivity contribution in [2.24, 2.45) is 5.41 Å². The number of aliphatic hydroxyl groups is 1. The third-order valence-electron chi connectivity index (χ3n) is 3.47. The third kappa shape index (κ3) is 0.967. The summed E-state index contributed by atoms with van der Waals surface area (Å²) in [6.45, 7) is 6.56. The van der Waals surface area contributed by atoms with Crippen LogP contribution in [0, 0.1) is 12.3 Å². The average molecular weight is 180 g/mol. The predicted octanol–water partition coefficient (Wildman–Crippen LogP) is 1.38. The molecule has 72 valence electrons. The molecule has 1 aromatic rings.